The third-order valence-corrected chi connectivity index (χ3v) is 6.19. The molecule has 162 valence electrons. The number of carbonyl (C=O) groups is 2. The topological polar surface area (TPSA) is 101 Å². The Balaban J connectivity index is 1.52. The summed E-state index contributed by atoms with van der Waals surface area (Å²) in [4.78, 5) is 32.2. The van der Waals surface area contributed by atoms with E-state index in [4.69, 9.17) is 4.42 Å². The molecule has 1 aliphatic heterocycles. The van der Waals surface area contributed by atoms with Gasteiger partial charge in [0.15, 0.2) is 5.89 Å². The van der Waals surface area contributed by atoms with E-state index in [0.717, 1.165) is 28.4 Å². The average molecular weight is 440 g/mol. The van der Waals surface area contributed by atoms with Crippen LogP contribution in [0.25, 0.3) is 10.6 Å². The molecule has 0 saturated carbocycles. The van der Waals surface area contributed by atoms with E-state index >= 15 is 0 Å². The summed E-state index contributed by atoms with van der Waals surface area (Å²) in [7, 11) is 0. The molecule has 1 aliphatic rings. The smallest absolute Gasteiger partial charge is 0.292 e. The monoisotopic (exact) mass is 439 g/mol. The zero-order valence-electron chi connectivity index (χ0n) is 17.8. The molecule has 1 saturated heterocycles. The maximum Gasteiger partial charge on any atom is 0.292 e. The molecule has 1 atom stereocenters. The molecular weight excluding hydrogens is 414 g/mol. The van der Waals surface area contributed by atoms with Crippen molar-refractivity contribution in [3.63, 3.8) is 0 Å². The first-order valence-corrected chi connectivity index (χ1v) is 11.3. The minimum absolute atomic E-state index is 0.202. The van der Waals surface area contributed by atoms with Crippen molar-refractivity contribution in [2.45, 2.75) is 52.5 Å². The zero-order valence-corrected chi connectivity index (χ0v) is 18.7. The Labute approximate surface area is 184 Å². The zero-order chi connectivity index (χ0) is 22.0. The highest BCUT2D eigenvalue weighted by Crippen LogP contribution is 2.27. The van der Waals surface area contributed by atoms with Crippen molar-refractivity contribution in [1.29, 1.82) is 0 Å². The normalized spacial score (nSPS) is 16.4. The van der Waals surface area contributed by atoms with E-state index in [1.165, 1.54) is 11.3 Å². The van der Waals surface area contributed by atoms with E-state index in [1.54, 1.807) is 11.8 Å². The number of likely N-dealkylation sites (tertiary alicyclic amines) is 1. The van der Waals surface area contributed by atoms with Crippen molar-refractivity contribution < 1.29 is 14.0 Å². The Morgan fingerprint density at radius 3 is 2.81 bits per heavy atom. The number of hydrogen-bond donors (Lipinski definition) is 1. The number of amides is 2. The summed E-state index contributed by atoms with van der Waals surface area (Å²) in [5.41, 5.74) is 2.12. The van der Waals surface area contributed by atoms with Gasteiger partial charge in [-0.2, -0.15) is 0 Å². The second-order valence-electron chi connectivity index (χ2n) is 7.58. The fourth-order valence-electron chi connectivity index (χ4n) is 3.75. The van der Waals surface area contributed by atoms with E-state index in [2.05, 4.69) is 20.5 Å². The van der Waals surface area contributed by atoms with Gasteiger partial charge in [0.25, 0.3) is 5.91 Å². The van der Waals surface area contributed by atoms with E-state index in [0.29, 0.717) is 36.7 Å². The van der Waals surface area contributed by atoms with Crippen molar-refractivity contribution in [3.8, 4) is 10.6 Å². The first-order valence-electron chi connectivity index (χ1n) is 10.4. The van der Waals surface area contributed by atoms with Crippen LogP contribution in [0, 0.1) is 13.8 Å². The molecule has 9 heteroatoms. The number of hydrogen-bond acceptors (Lipinski definition) is 7. The van der Waals surface area contributed by atoms with Gasteiger partial charge >= 0.3 is 0 Å². The Hall–Kier alpha value is -3.07. The van der Waals surface area contributed by atoms with Gasteiger partial charge in [-0.25, -0.2) is 4.98 Å². The minimum Gasteiger partial charge on any atom is -0.435 e. The van der Waals surface area contributed by atoms with Crippen molar-refractivity contribution in [2.24, 2.45) is 0 Å². The molecule has 3 aromatic rings. The Morgan fingerprint density at radius 2 is 2.10 bits per heavy atom. The molecule has 0 unspecified atom stereocenters. The molecule has 0 radical (unpaired) electrons. The SMILES string of the molecule is CCc1nc(C)c(C(=O)N2CCCC[C@H]2C(=O)Nc2cccc(-c3nnc(C)s3)c2)o1. The summed E-state index contributed by atoms with van der Waals surface area (Å²) in [5, 5.41) is 12.9. The molecule has 0 spiro atoms. The van der Waals surface area contributed by atoms with E-state index in [1.807, 2.05) is 38.1 Å². The van der Waals surface area contributed by atoms with Crippen molar-refractivity contribution in [1.82, 2.24) is 20.1 Å². The Bertz CT molecular complexity index is 1110. The lowest BCUT2D eigenvalue weighted by Gasteiger charge is -2.34. The summed E-state index contributed by atoms with van der Waals surface area (Å²) in [6.07, 6.45) is 2.97. The van der Waals surface area contributed by atoms with Crippen molar-refractivity contribution in [3.05, 3.63) is 46.6 Å². The molecule has 31 heavy (non-hydrogen) atoms. The van der Waals surface area contributed by atoms with Crippen molar-refractivity contribution >= 4 is 28.8 Å². The number of nitrogens with zero attached hydrogens (tertiary/aromatic N) is 4. The minimum atomic E-state index is -0.553. The van der Waals surface area contributed by atoms with Gasteiger partial charge in [0.1, 0.15) is 16.1 Å². The lowest BCUT2D eigenvalue weighted by Crippen LogP contribution is -2.50. The fraction of sp³-hybridized carbons (Fsp3) is 0.409. The van der Waals surface area contributed by atoms with Gasteiger partial charge in [-0.3, -0.25) is 9.59 Å². The van der Waals surface area contributed by atoms with Crippen LogP contribution in [-0.4, -0.2) is 44.5 Å². The summed E-state index contributed by atoms with van der Waals surface area (Å²) in [6.45, 7) is 6.10. The molecular formula is C22H25N5O3S. The summed E-state index contributed by atoms with van der Waals surface area (Å²) >= 11 is 1.50. The van der Waals surface area contributed by atoms with Crippen LogP contribution in [0.2, 0.25) is 0 Å². The van der Waals surface area contributed by atoms with E-state index in [-0.39, 0.29) is 17.6 Å². The number of benzene rings is 1. The highest BCUT2D eigenvalue weighted by Gasteiger charge is 2.35. The van der Waals surface area contributed by atoms with Crippen molar-refractivity contribution in [2.75, 3.05) is 11.9 Å². The maximum atomic E-state index is 13.2. The van der Waals surface area contributed by atoms with Gasteiger partial charge in [0.05, 0.1) is 5.69 Å². The van der Waals surface area contributed by atoms with Crippen LogP contribution in [0.3, 0.4) is 0 Å². The second-order valence-corrected chi connectivity index (χ2v) is 8.76. The second kappa shape index (κ2) is 8.97. The first-order chi connectivity index (χ1) is 15.0. The summed E-state index contributed by atoms with van der Waals surface area (Å²) in [6, 6.07) is 6.96. The van der Waals surface area contributed by atoms with Gasteiger partial charge in [-0.05, 0) is 45.2 Å². The lowest BCUT2D eigenvalue weighted by molar-refractivity contribution is -0.121. The summed E-state index contributed by atoms with van der Waals surface area (Å²) in [5.74, 6) is 0.280. The number of rotatable bonds is 5. The van der Waals surface area contributed by atoms with Gasteiger partial charge < -0.3 is 14.6 Å². The van der Waals surface area contributed by atoms with Crippen LogP contribution >= 0.6 is 11.3 Å². The summed E-state index contributed by atoms with van der Waals surface area (Å²) < 4.78 is 5.65. The molecule has 0 bridgehead atoms. The number of piperidine rings is 1. The average Bonchev–Trinajstić information content (AvgIpc) is 3.38. The molecule has 8 nitrogen and oxygen atoms in total. The van der Waals surface area contributed by atoms with Crippen LogP contribution in [0.1, 0.15) is 53.3 Å². The van der Waals surface area contributed by atoms with Crippen LogP contribution < -0.4 is 5.32 Å². The van der Waals surface area contributed by atoms with Crippen LogP contribution in [0.4, 0.5) is 5.69 Å². The third kappa shape index (κ3) is 4.51. The van der Waals surface area contributed by atoms with Crippen LogP contribution in [0.15, 0.2) is 28.7 Å². The first kappa shape index (κ1) is 21.2. The highest BCUT2D eigenvalue weighted by molar-refractivity contribution is 7.14. The van der Waals surface area contributed by atoms with Gasteiger partial charge in [0.2, 0.25) is 11.7 Å². The quantitative estimate of drug-likeness (QED) is 0.645. The number of anilines is 1. The molecule has 0 aliphatic carbocycles. The molecule has 4 rings (SSSR count). The largest absolute Gasteiger partial charge is 0.435 e. The molecule has 2 amide bonds. The van der Waals surface area contributed by atoms with Gasteiger partial charge in [-0.1, -0.05) is 30.4 Å². The molecule has 1 fully saturated rings. The number of oxazole rings is 1. The van der Waals surface area contributed by atoms with Gasteiger partial charge in [0, 0.05) is 24.2 Å². The molecule has 2 aromatic heterocycles. The molecule has 3 heterocycles. The lowest BCUT2D eigenvalue weighted by atomic mass is 10.0. The number of aryl methyl sites for hydroxylation is 3. The fourth-order valence-corrected chi connectivity index (χ4v) is 4.44. The standard InChI is InChI=1S/C22H25N5O3S/c1-4-18-23-13(2)19(30-18)22(29)27-11-6-5-10-17(27)20(28)24-16-9-7-8-15(12-16)21-26-25-14(3)31-21/h7-9,12,17H,4-6,10-11H2,1-3H3,(H,24,28)/t17-/m0/s1. The molecule has 1 N–H and O–H groups in total. The van der Waals surface area contributed by atoms with Gasteiger partial charge in [-0.15, -0.1) is 10.2 Å². The number of carbonyl (C=O) groups excluding carboxylic acids is 2. The highest BCUT2D eigenvalue weighted by atomic mass is 32.1. The van der Waals surface area contributed by atoms with E-state index in [9.17, 15) is 9.59 Å². The predicted octanol–water partition coefficient (Wildman–Crippen LogP) is 4.01. The molecule has 1 aromatic carbocycles. The predicted molar refractivity (Wildman–Crippen MR) is 118 cm³/mol. The number of nitrogens with one attached hydrogen (secondary N) is 1. The number of aromatic nitrogens is 3. The van der Waals surface area contributed by atoms with Crippen LogP contribution in [0.5, 0.6) is 0 Å². The van der Waals surface area contributed by atoms with Crippen LogP contribution in [-0.2, 0) is 11.2 Å². The third-order valence-electron chi connectivity index (χ3n) is 5.31. The van der Waals surface area contributed by atoms with E-state index < -0.39 is 6.04 Å². The Kier molecular flexibility index (Phi) is 6.13. The Morgan fingerprint density at radius 1 is 1.26 bits per heavy atom. The maximum absolute atomic E-state index is 13.2.